The smallest absolute Gasteiger partial charge is 0.0479 e. The first-order valence-electron chi connectivity index (χ1n) is 10.5. The van der Waals surface area contributed by atoms with Gasteiger partial charge in [-0.05, 0) is 29.7 Å². The van der Waals surface area contributed by atoms with Gasteiger partial charge in [-0.25, -0.2) is 0 Å². The van der Waals surface area contributed by atoms with E-state index in [0.29, 0.717) is 12.0 Å². The van der Waals surface area contributed by atoms with Gasteiger partial charge in [0.05, 0.1) is 0 Å². The summed E-state index contributed by atoms with van der Waals surface area (Å²) in [4.78, 5) is 5.44. The van der Waals surface area contributed by atoms with E-state index in [4.69, 9.17) is 0 Å². The summed E-state index contributed by atoms with van der Waals surface area (Å²) in [5.41, 5.74) is 4.57. The minimum absolute atomic E-state index is 0.514. The Morgan fingerprint density at radius 3 is 2.38 bits per heavy atom. The molecule has 0 aromatic heterocycles. The van der Waals surface area contributed by atoms with Gasteiger partial charge in [0.2, 0.25) is 0 Å². The molecule has 2 aromatic carbocycles. The molecule has 2 heteroatoms. The minimum atomic E-state index is 0.514. The van der Waals surface area contributed by atoms with E-state index in [1.165, 1.54) is 57.4 Å². The Hall–Kier alpha value is -1.64. The number of piperazine rings is 1. The molecule has 0 saturated carbocycles. The second-order valence-electron chi connectivity index (χ2n) is 7.96. The van der Waals surface area contributed by atoms with Crippen molar-refractivity contribution in [2.45, 2.75) is 44.6 Å². The predicted molar refractivity (Wildman–Crippen MR) is 110 cm³/mol. The first-order chi connectivity index (χ1) is 12.9. The van der Waals surface area contributed by atoms with Crippen molar-refractivity contribution in [2.75, 3.05) is 32.7 Å². The molecule has 2 heterocycles. The van der Waals surface area contributed by atoms with E-state index in [2.05, 4.69) is 71.3 Å². The number of fused-ring (bicyclic) bond motifs is 3. The van der Waals surface area contributed by atoms with Gasteiger partial charge in [-0.15, -0.1) is 0 Å². The normalized spacial score (nSPS) is 23.4. The molecule has 1 saturated heterocycles. The highest BCUT2D eigenvalue weighted by Gasteiger charge is 2.36. The fraction of sp³-hybridized carbons (Fsp3) is 0.500. The zero-order valence-electron chi connectivity index (χ0n) is 16.1. The van der Waals surface area contributed by atoms with Gasteiger partial charge in [0, 0.05) is 38.1 Å². The summed E-state index contributed by atoms with van der Waals surface area (Å²) >= 11 is 0. The maximum atomic E-state index is 2.74. The van der Waals surface area contributed by atoms with Crippen LogP contribution in [0.2, 0.25) is 0 Å². The van der Waals surface area contributed by atoms with E-state index in [9.17, 15) is 0 Å². The second kappa shape index (κ2) is 8.37. The molecule has 138 valence electrons. The third kappa shape index (κ3) is 3.72. The van der Waals surface area contributed by atoms with Crippen LogP contribution < -0.4 is 0 Å². The molecule has 2 atom stereocenters. The van der Waals surface area contributed by atoms with Crippen LogP contribution in [0.5, 0.6) is 0 Å². The van der Waals surface area contributed by atoms with Crippen molar-refractivity contribution >= 4 is 0 Å². The first kappa shape index (κ1) is 17.8. The second-order valence-corrected chi connectivity index (χ2v) is 7.96. The molecule has 0 aliphatic carbocycles. The van der Waals surface area contributed by atoms with E-state index >= 15 is 0 Å². The topological polar surface area (TPSA) is 6.48 Å². The van der Waals surface area contributed by atoms with E-state index in [0.717, 1.165) is 6.54 Å². The van der Waals surface area contributed by atoms with Gasteiger partial charge in [0.25, 0.3) is 0 Å². The van der Waals surface area contributed by atoms with Crippen LogP contribution in [0, 0.1) is 0 Å². The lowest BCUT2D eigenvalue weighted by atomic mass is 9.80. The molecule has 0 radical (unpaired) electrons. The number of benzene rings is 2. The molecule has 0 spiro atoms. The van der Waals surface area contributed by atoms with Gasteiger partial charge in [0.1, 0.15) is 0 Å². The largest absolute Gasteiger partial charge is 0.300 e. The van der Waals surface area contributed by atoms with Crippen LogP contribution in [0.4, 0.5) is 0 Å². The van der Waals surface area contributed by atoms with E-state index in [-0.39, 0.29) is 0 Å². The number of rotatable bonds is 6. The van der Waals surface area contributed by atoms with Crippen molar-refractivity contribution in [3.05, 3.63) is 71.3 Å². The van der Waals surface area contributed by atoms with Gasteiger partial charge >= 0.3 is 0 Å². The maximum Gasteiger partial charge on any atom is 0.0479 e. The van der Waals surface area contributed by atoms with Crippen molar-refractivity contribution in [3.8, 4) is 0 Å². The van der Waals surface area contributed by atoms with Crippen molar-refractivity contribution < 1.29 is 0 Å². The van der Waals surface area contributed by atoms with Crippen molar-refractivity contribution in [1.29, 1.82) is 0 Å². The summed E-state index contributed by atoms with van der Waals surface area (Å²) in [6.07, 6.45) is 5.44. The third-order valence-electron chi connectivity index (χ3n) is 6.25. The summed E-state index contributed by atoms with van der Waals surface area (Å²) in [7, 11) is 0. The van der Waals surface area contributed by atoms with Crippen LogP contribution in [0.3, 0.4) is 0 Å². The fourth-order valence-electron chi connectivity index (χ4n) is 4.79. The Morgan fingerprint density at radius 2 is 1.58 bits per heavy atom. The summed E-state index contributed by atoms with van der Waals surface area (Å²) in [5, 5.41) is 0. The standard InChI is InChI=1S/C24H32N2/c1-2-3-4-10-15-25-16-17-26-18-23(20-11-6-5-7-12-20)21-13-8-9-14-22(21)24(26)19-25/h5-9,11-14,23-24H,2-4,10,15-19H2,1H3/t23-,24+/m0/s1. The molecule has 2 aliphatic rings. The fourth-order valence-corrected chi connectivity index (χ4v) is 4.79. The van der Waals surface area contributed by atoms with Crippen molar-refractivity contribution in [2.24, 2.45) is 0 Å². The third-order valence-corrected chi connectivity index (χ3v) is 6.25. The molecule has 2 nitrogen and oxygen atoms in total. The van der Waals surface area contributed by atoms with Gasteiger partial charge in [-0.2, -0.15) is 0 Å². The molecule has 0 N–H and O–H groups in total. The number of unbranched alkanes of at least 4 members (excludes halogenated alkanes) is 3. The van der Waals surface area contributed by atoms with Crippen LogP contribution in [0.1, 0.15) is 61.3 Å². The quantitative estimate of drug-likeness (QED) is 0.672. The maximum absolute atomic E-state index is 2.74. The van der Waals surface area contributed by atoms with Gasteiger partial charge < -0.3 is 4.90 Å². The zero-order chi connectivity index (χ0) is 17.8. The molecular formula is C24H32N2. The summed E-state index contributed by atoms with van der Waals surface area (Å²) in [6.45, 7) is 8.36. The molecule has 4 rings (SSSR count). The van der Waals surface area contributed by atoms with Crippen molar-refractivity contribution in [3.63, 3.8) is 0 Å². The van der Waals surface area contributed by atoms with Crippen LogP contribution in [-0.2, 0) is 0 Å². The molecule has 1 fully saturated rings. The minimum Gasteiger partial charge on any atom is -0.300 e. The Bertz CT molecular complexity index is 696. The average Bonchev–Trinajstić information content (AvgIpc) is 2.71. The monoisotopic (exact) mass is 348 g/mol. The molecule has 2 aliphatic heterocycles. The van der Waals surface area contributed by atoms with Crippen LogP contribution in [0.25, 0.3) is 0 Å². The van der Waals surface area contributed by atoms with Crippen LogP contribution in [-0.4, -0.2) is 42.5 Å². The molecule has 2 aromatic rings. The van der Waals surface area contributed by atoms with E-state index in [1.54, 1.807) is 11.1 Å². The summed E-state index contributed by atoms with van der Waals surface area (Å²) in [5.74, 6) is 0.514. The molecule has 0 bridgehead atoms. The zero-order valence-corrected chi connectivity index (χ0v) is 16.1. The Balaban J connectivity index is 1.53. The van der Waals surface area contributed by atoms with Gasteiger partial charge in [0.15, 0.2) is 0 Å². The Labute approximate surface area is 158 Å². The number of nitrogens with zero attached hydrogens (tertiary/aromatic N) is 2. The van der Waals surface area contributed by atoms with Gasteiger partial charge in [-0.1, -0.05) is 80.8 Å². The van der Waals surface area contributed by atoms with E-state index in [1.807, 2.05) is 0 Å². The molecular weight excluding hydrogens is 316 g/mol. The highest BCUT2D eigenvalue weighted by atomic mass is 15.3. The van der Waals surface area contributed by atoms with Crippen LogP contribution in [0.15, 0.2) is 54.6 Å². The lowest BCUT2D eigenvalue weighted by Crippen LogP contribution is -2.51. The van der Waals surface area contributed by atoms with Crippen LogP contribution >= 0.6 is 0 Å². The predicted octanol–water partition coefficient (Wildman–Crippen LogP) is 5.07. The van der Waals surface area contributed by atoms with E-state index < -0.39 is 0 Å². The summed E-state index contributed by atoms with van der Waals surface area (Å²) < 4.78 is 0. The Kier molecular flexibility index (Phi) is 5.72. The average molecular weight is 349 g/mol. The Morgan fingerprint density at radius 1 is 0.808 bits per heavy atom. The molecule has 0 amide bonds. The lowest BCUT2D eigenvalue weighted by Gasteiger charge is -2.47. The van der Waals surface area contributed by atoms with Gasteiger partial charge in [-0.3, -0.25) is 4.90 Å². The SMILES string of the molecule is CCCCCCN1CCN2C[C@@H](c3ccccc3)c3ccccc3[C@H]2C1. The number of hydrogen-bond acceptors (Lipinski definition) is 2. The highest BCUT2D eigenvalue weighted by Crippen LogP contribution is 2.40. The molecule has 26 heavy (non-hydrogen) atoms. The summed E-state index contributed by atoms with van der Waals surface area (Å²) in [6, 6.07) is 20.8. The molecule has 0 unspecified atom stereocenters. The first-order valence-corrected chi connectivity index (χ1v) is 10.5. The highest BCUT2D eigenvalue weighted by molar-refractivity contribution is 5.42. The van der Waals surface area contributed by atoms with Crippen molar-refractivity contribution in [1.82, 2.24) is 9.80 Å². The lowest BCUT2D eigenvalue weighted by molar-refractivity contribution is 0.0617. The number of hydrogen-bond donors (Lipinski definition) is 0.